The maximum atomic E-state index is 14.0. The zero-order chi connectivity index (χ0) is 23.5. The summed E-state index contributed by atoms with van der Waals surface area (Å²) in [6.45, 7) is 4.96. The Hall–Kier alpha value is -3.95. The Kier molecular flexibility index (Phi) is 6.42. The number of nitrogens with zero attached hydrogens (tertiary/aromatic N) is 1. The van der Waals surface area contributed by atoms with Crippen LogP contribution in [0.4, 0.5) is 20.6 Å². The van der Waals surface area contributed by atoms with E-state index in [0.717, 1.165) is 10.7 Å². The van der Waals surface area contributed by atoms with Crippen molar-refractivity contribution in [2.24, 2.45) is 0 Å². The van der Waals surface area contributed by atoms with E-state index in [0.29, 0.717) is 0 Å². The standard InChI is InChI=1S/C22H23FN4O5/c1-22(2,3)32-21(31)25-17-12-13(8-9-16(17)23)24-18(28)10-11-27-20(30)15-7-5-4-6-14(15)19(29)26-27/h4-9,12H,10-11H2,1-3H3,(H,24,28)(H,25,31)(H,26,29). The monoisotopic (exact) mass is 442 g/mol. The second-order valence-corrected chi connectivity index (χ2v) is 8.06. The first kappa shape index (κ1) is 22.7. The minimum atomic E-state index is -0.834. The lowest BCUT2D eigenvalue weighted by Crippen LogP contribution is -2.31. The Morgan fingerprint density at radius 1 is 1.06 bits per heavy atom. The number of hydrogen-bond donors (Lipinski definition) is 3. The fraction of sp³-hybridized carbons (Fsp3) is 0.273. The number of nitrogens with one attached hydrogen (secondary N) is 3. The highest BCUT2D eigenvalue weighted by Crippen LogP contribution is 2.21. The number of aromatic nitrogens is 2. The fourth-order valence-electron chi connectivity index (χ4n) is 2.95. The van der Waals surface area contributed by atoms with Gasteiger partial charge in [-0.2, -0.15) is 0 Å². The average molecular weight is 442 g/mol. The van der Waals surface area contributed by atoms with Crippen LogP contribution in [0.1, 0.15) is 27.2 Å². The van der Waals surface area contributed by atoms with E-state index in [1.54, 1.807) is 45.0 Å². The zero-order valence-corrected chi connectivity index (χ0v) is 17.8. The smallest absolute Gasteiger partial charge is 0.412 e. The van der Waals surface area contributed by atoms with Gasteiger partial charge in [0.15, 0.2) is 0 Å². The normalized spacial score (nSPS) is 11.2. The molecule has 32 heavy (non-hydrogen) atoms. The molecule has 9 nitrogen and oxygen atoms in total. The number of rotatable bonds is 5. The summed E-state index contributed by atoms with van der Waals surface area (Å²) in [7, 11) is 0. The van der Waals surface area contributed by atoms with Gasteiger partial charge in [-0.1, -0.05) is 12.1 Å². The molecule has 3 rings (SSSR count). The number of carbonyl (C=O) groups excluding carboxylic acids is 2. The van der Waals surface area contributed by atoms with Gasteiger partial charge in [-0.3, -0.25) is 24.8 Å². The third-order valence-electron chi connectivity index (χ3n) is 4.33. The lowest BCUT2D eigenvalue weighted by atomic mass is 10.2. The van der Waals surface area contributed by atoms with Gasteiger partial charge in [0.2, 0.25) is 5.91 Å². The van der Waals surface area contributed by atoms with Crippen molar-refractivity contribution in [3.63, 3.8) is 0 Å². The molecule has 3 N–H and O–H groups in total. The molecular formula is C22H23FN4O5. The van der Waals surface area contributed by atoms with Crippen molar-refractivity contribution in [2.75, 3.05) is 10.6 Å². The van der Waals surface area contributed by atoms with Crippen molar-refractivity contribution >= 4 is 34.1 Å². The molecule has 0 radical (unpaired) electrons. The summed E-state index contributed by atoms with van der Waals surface area (Å²) in [6, 6.07) is 10.1. The van der Waals surface area contributed by atoms with Crippen molar-refractivity contribution in [3.8, 4) is 0 Å². The molecule has 0 fully saturated rings. The molecule has 0 unspecified atom stereocenters. The van der Waals surface area contributed by atoms with E-state index in [-0.39, 0.29) is 35.1 Å². The molecule has 3 aromatic rings. The van der Waals surface area contributed by atoms with E-state index in [2.05, 4.69) is 15.7 Å². The number of fused-ring (bicyclic) bond motifs is 1. The van der Waals surface area contributed by atoms with Gasteiger partial charge < -0.3 is 10.1 Å². The molecule has 1 aromatic heterocycles. The van der Waals surface area contributed by atoms with E-state index in [1.807, 2.05) is 0 Å². The van der Waals surface area contributed by atoms with Gasteiger partial charge in [-0.25, -0.2) is 13.9 Å². The third kappa shape index (κ3) is 5.60. The number of aromatic amines is 1. The van der Waals surface area contributed by atoms with Crippen molar-refractivity contribution < 1.29 is 18.7 Å². The Morgan fingerprint density at radius 2 is 1.75 bits per heavy atom. The SMILES string of the molecule is CC(C)(C)OC(=O)Nc1cc(NC(=O)CCn2[nH]c(=O)c3ccccc3c2=O)ccc1F. The third-order valence-corrected chi connectivity index (χ3v) is 4.33. The predicted molar refractivity (Wildman–Crippen MR) is 118 cm³/mol. The topological polar surface area (TPSA) is 122 Å². The van der Waals surface area contributed by atoms with Crippen LogP contribution in [0.5, 0.6) is 0 Å². The van der Waals surface area contributed by atoms with Crippen LogP contribution in [-0.4, -0.2) is 27.4 Å². The van der Waals surface area contributed by atoms with Gasteiger partial charge in [-0.15, -0.1) is 0 Å². The van der Waals surface area contributed by atoms with Gasteiger partial charge >= 0.3 is 6.09 Å². The van der Waals surface area contributed by atoms with Crippen LogP contribution in [-0.2, 0) is 16.1 Å². The van der Waals surface area contributed by atoms with Gasteiger partial charge in [0.25, 0.3) is 11.1 Å². The molecule has 0 atom stereocenters. The number of benzene rings is 2. The number of aryl methyl sites for hydroxylation is 1. The number of H-pyrrole nitrogens is 1. The summed E-state index contributed by atoms with van der Waals surface area (Å²) in [5, 5.41) is 7.85. The molecule has 1 heterocycles. The van der Waals surface area contributed by atoms with Crippen molar-refractivity contribution in [1.82, 2.24) is 9.78 Å². The fourth-order valence-corrected chi connectivity index (χ4v) is 2.95. The number of carbonyl (C=O) groups is 2. The van der Waals surface area contributed by atoms with Crippen LogP contribution in [0.25, 0.3) is 10.8 Å². The highest BCUT2D eigenvalue weighted by Gasteiger charge is 2.18. The average Bonchev–Trinajstić information content (AvgIpc) is 2.71. The summed E-state index contributed by atoms with van der Waals surface area (Å²) in [4.78, 5) is 48.8. The molecule has 0 saturated carbocycles. The zero-order valence-electron chi connectivity index (χ0n) is 17.8. The number of ether oxygens (including phenoxy) is 1. The molecule has 10 heteroatoms. The predicted octanol–water partition coefficient (Wildman–Crippen LogP) is 3.20. The Labute approximate surface area is 182 Å². The van der Waals surface area contributed by atoms with Gasteiger partial charge in [0, 0.05) is 12.1 Å². The van der Waals surface area contributed by atoms with Crippen LogP contribution < -0.4 is 21.8 Å². The maximum Gasteiger partial charge on any atom is 0.412 e. The van der Waals surface area contributed by atoms with E-state index in [9.17, 15) is 23.6 Å². The second-order valence-electron chi connectivity index (χ2n) is 8.06. The molecule has 2 amide bonds. The Bertz CT molecular complexity index is 1290. The summed E-state index contributed by atoms with van der Waals surface area (Å²) < 4.78 is 20.2. The van der Waals surface area contributed by atoms with Crippen molar-refractivity contribution in [3.05, 3.63) is 69.0 Å². The number of halogens is 1. The Morgan fingerprint density at radius 3 is 2.44 bits per heavy atom. The van der Waals surface area contributed by atoms with Crippen LogP contribution in [0.3, 0.4) is 0 Å². The van der Waals surface area contributed by atoms with E-state index in [1.165, 1.54) is 12.1 Å². The Balaban J connectivity index is 1.67. The molecule has 0 spiro atoms. The van der Waals surface area contributed by atoms with Crippen LogP contribution in [0.15, 0.2) is 52.1 Å². The summed E-state index contributed by atoms with van der Waals surface area (Å²) in [5.74, 6) is -1.17. The molecule has 168 valence electrons. The molecule has 0 aliphatic rings. The molecule has 0 aliphatic heterocycles. The molecule has 2 aromatic carbocycles. The first-order valence-electron chi connectivity index (χ1n) is 9.85. The van der Waals surface area contributed by atoms with E-state index in [4.69, 9.17) is 4.74 Å². The molecule has 0 bridgehead atoms. The summed E-state index contributed by atoms with van der Waals surface area (Å²) >= 11 is 0. The minimum absolute atomic E-state index is 0.0606. The second kappa shape index (κ2) is 9.04. The largest absolute Gasteiger partial charge is 0.444 e. The molecule has 0 saturated heterocycles. The van der Waals surface area contributed by atoms with Crippen LogP contribution in [0.2, 0.25) is 0 Å². The van der Waals surface area contributed by atoms with Gasteiger partial charge in [-0.05, 0) is 51.1 Å². The molecule has 0 aliphatic carbocycles. The minimum Gasteiger partial charge on any atom is -0.444 e. The highest BCUT2D eigenvalue weighted by atomic mass is 19.1. The van der Waals surface area contributed by atoms with Crippen LogP contribution in [0, 0.1) is 5.82 Å². The maximum absolute atomic E-state index is 14.0. The quantitative estimate of drug-likeness (QED) is 0.560. The highest BCUT2D eigenvalue weighted by molar-refractivity contribution is 5.92. The number of amides is 2. The van der Waals surface area contributed by atoms with E-state index >= 15 is 0 Å². The van der Waals surface area contributed by atoms with E-state index < -0.39 is 34.5 Å². The first-order chi connectivity index (χ1) is 15.0. The number of anilines is 2. The lowest BCUT2D eigenvalue weighted by molar-refractivity contribution is -0.116. The first-order valence-corrected chi connectivity index (χ1v) is 9.85. The lowest BCUT2D eigenvalue weighted by Gasteiger charge is -2.20. The van der Waals surface area contributed by atoms with Crippen molar-refractivity contribution in [1.29, 1.82) is 0 Å². The van der Waals surface area contributed by atoms with Crippen molar-refractivity contribution in [2.45, 2.75) is 39.3 Å². The van der Waals surface area contributed by atoms with Gasteiger partial charge in [0.05, 0.1) is 23.0 Å². The summed E-state index contributed by atoms with van der Waals surface area (Å²) in [6.07, 6.45) is -0.958. The van der Waals surface area contributed by atoms with Crippen LogP contribution >= 0.6 is 0 Å². The summed E-state index contributed by atoms with van der Waals surface area (Å²) in [5.41, 5.74) is -1.53. The molecular weight excluding hydrogens is 419 g/mol. The van der Waals surface area contributed by atoms with Gasteiger partial charge in [0.1, 0.15) is 11.4 Å². The number of hydrogen-bond acceptors (Lipinski definition) is 5.